The Morgan fingerprint density at radius 3 is 2.84 bits per heavy atom. The van der Waals surface area contributed by atoms with E-state index in [4.69, 9.17) is 10.5 Å². The van der Waals surface area contributed by atoms with Gasteiger partial charge in [-0.25, -0.2) is 0 Å². The number of hydrogen-bond acceptors (Lipinski definition) is 8. The second-order valence-electron chi connectivity index (χ2n) is 3.49. The molecule has 0 radical (unpaired) electrons. The van der Waals surface area contributed by atoms with Crippen LogP contribution < -0.4 is 10.5 Å². The summed E-state index contributed by atoms with van der Waals surface area (Å²) < 4.78 is 5.77. The van der Waals surface area contributed by atoms with Gasteiger partial charge in [-0.15, -0.1) is 10.2 Å². The van der Waals surface area contributed by atoms with E-state index in [0.29, 0.717) is 16.6 Å². The van der Waals surface area contributed by atoms with Crippen molar-refractivity contribution in [2.24, 2.45) is 0 Å². The van der Waals surface area contributed by atoms with Crippen LogP contribution in [0.1, 0.15) is 5.56 Å². The molecule has 1 heterocycles. The van der Waals surface area contributed by atoms with E-state index in [1.807, 2.05) is 0 Å². The minimum absolute atomic E-state index is 0.00623. The van der Waals surface area contributed by atoms with E-state index in [9.17, 15) is 10.1 Å². The molecule has 0 aliphatic heterocycles. The normalized spacial score (nSPS) is 10.4. The molecule has 0 unspecified atom stereocenters. The lowest BCUT2D eigenvalue weighted by molar-refractivity contribution is -0.385. The van der Waals surface area contributed by atoms with Crippen LogP contribution in [0.2, 0.25) is 0 Å². The van der Waals surface area contributed by atoms with Crippen LogP contribution in [0.25, 0.3) is 0 Å². The van der Waals surface area contributed by atoms with Gasteiger partial charge >= 0.3 is 0 Å². The molecule has 2 aromatic rings. The number of rotatable bonds is 5. The molecule has 0 bridgehead atoms. The summed E-state index contributed by atoms with van der Waals surface area (Å²) in [5.41, 5.74) is 6.27. The first-order valence-electron chi connectivity index (χ1n) is 5.12. The van der Waals surface area contributed by atoms with E-state index in [0.717, 1.165) is 9.90 Å². The fourth-order valence-corrected chi connectivity index (χ4v) is 2.94. The molecule has 0 aliphatic rings. The van der Waals surface area contributed by atoms with Crippen molar-refractivity contribution < 1.29 is 9.66 Å². The first kappa shape index (κ1) is 13.6. The van der Waals surface area contributed by atoms with Gasteiger partial charge in [-0.05, 0) is 11.6 Å². The summed E-state index contributed by atoms with van der Waals surface area (Å²) in [6.07, 6.45) is 0. The quantitative estimate of drug-likeness (QED) is 0.513. The highest BCUT2D eigenvalue weighted by Gasteiger charge is 2.11. The van der Waals surface area contributed by atoms with E-state index >= 15 is 0 Å². The number of non-ortho nitro benzene ring substituents is 1. The lowest BCUT2D eigenvalue weighted by Crippen LogP contribution is -1.92. The Bertz CT molecular complexity index is 602. The highest BCUT2D eigenvalue weighted by molar-refractivity contribution is 8.00. The average Bonchev–Trinajstić information content (AvgIpc) is 2.81. The Hall–Kier alpha value is -1.87. The number of thioether (sulfide) groups is 1. The van der Waals surface area contributed by atoms with Gasteiger partial charge in [0.15, 0.2) is 4.34 Å². The summed E-state index contributed by atoms with van der Waals surface area (Å²) in [6.45, 7) is 0. The molecular weight excluding hydrogens is 288 g/mol. The van der Waals surface area contributed by atoms with E-state index in [1.54, 1.807) is 6.07 Å². The smallest absolute Gasteiger partial charge is 0.273 e. The van der Waals surface area contributed by atoms with Gasteiger partial charge < -0.3 is 10.5 Å². The number of nitro groups is 1. The summed E-state index contributed by atoms with van der Waals surface area (Å²) in [5, 5.41) is 18.8. The molecule has 0 spiro atoms. The molecule has 2 N–H and O–H groups in total. The molecule has 7 nitrogen and oxygen atoms in total. The molecule has 0 fully saturated rings. The van der Waals surface area contributed by atoms with Gasteiger partial charge in [0.1, 0.15) is 5.75 Å². The van der Waals surface area contributed by atoms with Crippen molar-refractivity contribution in [2.45, 2.75) is 10.1 Å². The predicted octanol–water partition coefficient (Wildman–Crippen LogP) is 2.33. The summed E-state index contributed by atoms with van der Waals surface area (Å²) in [4.78, 5) is 10.4. The largest absolute Gasteiger partial charge is 0.496 e. The number of methoxy groups -OCH3 is 1. The molecule has 100 valence electrons. The Morgan fingerprint density at radius 2 is 2.26 bits per heavy atom. The van der Waals surface area contributed by atoms with Crippen molar-refractivity contribution in [3.05, 3.63) is 33.9 Å². The SMILES string of the molecule is COc1cc(CSc2nnc(N)s2)cc([N+](=O)[O-])c1. The van der Waals surface area contributed by atoms with Crippen molar-refractivity contribution in [3.8, 4) is 5.75 Å². The van der Waals surface area contributed by atoms with Crippen molar-refractivity contribution in [1.29, 1.82) is 0 Å². The predicted molar refractivity (Wildman–Crippen MR) is 73.5 cm³/mol. The highest BCUT2D eigenvalue weighted by atomic mass is 32.2. The zero-order chi connectivity index (χ0) is 13.8. The zero-order valence-electron chi connectivity index (χ0n) is 9.90. The van der Waals surface area contributed by atoms with Crippen LogP contribution >= 0.6 is 23.1 Å². The number of aromatic nitrogens is 2. The van der Waals surface area contributed by atoms with Crippen LogP contribution in [0.4, 0.5) is 10.8 Å². The van der Waals surface area contributed by atoms with Crippen LogP contribution in [-0.2, 0) is 5.75 Å². The zero-order valence-corrected chi connectivity index (χ0v) is 11.5. The average molecular weight is 298 g/mol. The summed E-state index contributed by atoms with van der Waals surface area (Å²) in [7, 11) is 1.47. The molecule has 9 heteroatoms. The lowest BCUT2D eigenvalue weighted by Gasteiger charge is -2.03. The molecule has 1 aromatic carbocycles. The minimum Gasteiger partial charge on any atom is -0.496 e. The van der Waals surface area contributed by atoms with Crippen LogP contribution in [0.3, 0.4) is 0 Å². The number of nitrogens with zero attached hydrogens (tertiary/aromatic N) is 3. The summed E-state index contributed by atoms with van der Waals surface area (Å²) in [6, 6.07) is 4.65. The molecule has 0 saturated carbocycles. The van der Waals surface area contributed by atoms with E-state index in [2.05, 4.69) is 10.2 Å². The molecule has 0 saturated heterocycles. The van der Waals surface area contributed by atoms with Crippen LogP contribution in [-0.4, -0.2) is 22.2 Å². The fraction of sp³-hybridized carbons (Fsp3) is 0.200. The number of nitro benzene ring substituents is 1. The minimum atomic E-state index is -0.445. The fourth-order valence-electron chi connectivity index (χ4n) is 1.37. The molecule has 0 aliphatic carbocycles. The van der Waals surface area contributed by atoms with Gasteiger partial charge in [-0.1, -0.05) is 23.1 Å². The van der Waals surface area contributed by atoms with Gasteiger partial charge in [0.25, 0.3) is 5.69 Å². The summed E-state index contributed by atoms with van der Waals surface area (Å²) in [5.74, 6) is 0.994. The van der Waals surface area contributed by atoms with Crippen molar-refractivity contribution in [1.82, 2.24) is 10.2 Å². The number of nitrogen functional groups attached to an aromatic ring is 1. The van der Waals surface area contributed by atoms with Crippen molar-refractivity contribution in [3.63, 3.8) is 0 Å². The molecule has 0 amide bonds. The standard InChI is InChI=1S/C10H10N4O3S2/c1-17-8-3-6(2-7(4-8)14(15)16)5-18-10-13-12-9(11)19-10/h2-4H,5H2,1H3,(H2,11,12). The Balaban J connectivity index is 2.15. The number of benzene rings is 1. The molecular formula is C10H10N4O3S2. The molecule has 0 atom stereocenters. The van der Waals surface area contributed by atoms with Gasteiger partial charge in [-0.2, -0.15) is 0 Å². The molecule has 2 rings (SSSR count). The Kier molecular flexibility index (Phi) is 4.17. The van der Waals surface area contributed by atoms with Crippen LogP contribution in [0.15, 0.2) is 22.5 Å². The van der Waals surface area contributed by atoms with Gasteiger partial charge in [-0.3, -0.25) is 10.1 Å². The topological polar surface area (TPSA) is 104 Å². The second-order valence-corrected chi connectivity index (χ2v) is 5.72. The van der Waals surface area contributed by atoms with Crippen LogP contribution in [0.5, 0.6) is 5.75 Å². The second kappa shape index (κ2) is 5.85. The third-order valence-electron chi connectivity index (χ3n) is 2.18. The van der Waals surface area contributed by atoms with Crippen molar-refractivity contribution in [2.75, 3.05) is 12.8 Å². The number of hydrogen-bond donors (Lipinski definition) is 1. The third-order valence-corrected chi connectivity index (χ3v) is 4.14. The Labute approximate surface area is 116 Å². The molecule has 1 aromatic heterocycles. The van der Waals surface area contributed by atoms with Crippen molar-refractivity contribution >= 4 is 33.9 Å². The first-order valence-corrected chi connectivity index (χ1v) is 6.93. The summed E-state index contributed by atoms with van der Waals surface area (Å²) >= 11 is 2.70. The number of anilines is 1. The molecule has 19 heavy (non-hydrogen) atoms. The van der Waals surface area contributed by atoms with Crippen LogP contribution in [0, 0.1) is 10.1 Å². The number of ether oxygens (including phenoxy) is 1. The van der Waals surface area contributed by atoms with E-state index < -0.39 is 4.92 Å². The van der Waals surface area contributed by atoms with Gasteiger partial charge in [0.05, 0.1) is 18.1 Å². The first-order chi connectivity index (χ1) is 9.08. The maximum Gasteiger partial charge on any atom is 0.273 e. The lowest BCUT2D eigenvalue weighted by atomic mass is 10.2. The van der Waals surface area contributed by atoms with Gasteiger partial charge in [0, 0.05) is 11.8 Å². The maximum atomic E-state index is 10.8. The van der Waals surface area contributed by atoms with Gasteiger partial charge in [0.2, 0.25) is 5.13 Å². The highest BCUT2D eigenvalue weighted by Crippen LogP contribution is 2.30. The monoisotopic (exact) mass is 298 g/mol. The Morgan fingerprint density at radius 1 is 1.47 bits per heavy atom. The van der Waals surface area contributed by atoms with E-state index in [1.165, 1.54) is 42.3 Å². The van der Waals surface area contributed by atoms with E-state index in [-0.39, 0.29) is 5.69 Å². The third kappa shape index (κ3) is 3.55. The number of nitrogens with two attached hydrogens (primary N) is 1. The maximum absolute atomic E-state index is 10.8.